The molecular formula is C14H18O4. The Morgan fingerprint density at radius 2 is 1.78 bits per heavy atom. The molecule has 0 saturated heterocycles. The SMILES string of the molecule is [2H]C([2H])([2H])OC1=C(OC([2H])([2H])[2H])C(=O)C(C([2H])([2H])[2H])=C(CC=C(C)C)C1=O. The van der Waals surface area contributed by atoms with Gasteiger partial charge >= 0.3 is 0 Å². The maximum absolute atomic E-state index is 12.7. The molecule has 1 rings (SSSR count). The van der Waals surface area contributed by atoms with Gasteiger partial charge in [0.15, 0.2) is 0 Å². The zero-order chi connectivity index (χ0) is 21.4. The molecule has 0 aliphatic heterocycles. The fraction of sp³-hybridized carbons (Fsp3) is 0.429. The smallest absolute Gasteiger partial charge is 0.228 e. The summed E-state index contributed by atoms with van der Waals surface area (Å²) in [6, 6.07) is 0. The average Bonchev–Trinajstić information content (AvgIpc) is 2.40. The molecule has 0 aromatic heterocycles. The van der Waals surface area contributed by atoms with E-state index in [4.69, 9.17) is 12.3 Å². The molecule has 0 aromatic carbocycles. The zero-order valence-electron chi connectivity index (χ0n) is 18.9. The highest BCUT2D eigenvalue weighted by Gasteiger charge is 2.33. The second-order valence-electron chi connectivity index (χ2n) is 3.86. The highest BCUT2D eigenvalue weighted by atomic mass is 16.5. The Bertz CT molecular complexity index is 729. The van der Waals surface area contributed by atoms with E-state index in [0.29, 0.717) is 5.57 Å². The first kappa shape index (κ1) is 5.87. The maximum atomic E-state index is 12.7. The van der Waals surface area contributed by atoms with Gasteiger partial charge in [0.1, 0.15) is 0 Å². The van der Waals surface area contributed by atoms with E-state index in [0.717, 1.165) is 0 Å². The lowest BCUT2D eigenvalue weighted by atomic mass is 9.90. The monoisotopic (exact) mass is 259 g/mol. The molecule has 1 aliphatic rings. The average molecular weight is 259 g/mol. The van der Waals surface area contributed by atoms with Crippen LogP contribution in [-0.4, -0.2) is 25.6 Å². The summed E-state index contributed by atoms with van der Waals surface area (Å²) in [4.78, 5) is 25.4. The van der Waals surface area contributed by atoms with Gasteiger partial charge < -0.3 is 9.47 Å². The number of carbonyl (C=O) groups is 2. The van der Waals surface area contributed by atoms with Gasteiger partial charge in [-0.05, 0) is 27.1 Å². The first-order chi connectivity index (χ1) is 11.9. The van der Waals surface area contributed by atoms with Crippen LogP contribution in [0.2, 0.25) is 0 Å². The molecule has 0 fully saturated rings. The lowest BCUT2D eigenvalue weighted by molar-refractivity contribution is -0.121. The number of ketones is 2. The van der Waals surface area contributed by atoms with Gasteiger partial charge in [0.2, 0.25) is 23.1 Å². The molecule has 4 heteroatoms. The minimum absolute atomic E-state index is 0.282. The molecule has 0 heterocycles. The molecule has 0 amide bonds. The molecule has 0 radical (unpaired) electrons. The van der Waals surface area contributed by atoms with Crippen LogP contribution >= 0.6 is 0 Å². The lowest BCUT2D eigenvalue weighted by Crippen LogP contribution is -2.24. The van der Waals surface area contributed by atoms with Crippen molar-refractivity contribution in [3.05, 3.63) is 34.3 Å². The summed E-state index contributed by atoms with van der Waals surface area (Å²) >= 11 is 0. The van der Waals surface area contributed by atoms with Crippen molar-refractivity contribution in [2.24, 2.45) is 0 Å². The summed E-state index contributed by atoms with van der Waals surface area (Å²) in [6.07, 6.45) is 1.18. The first-order valence-corrected chi connectivity index (χ1v) is 5.03. The molecular weight excluding hydrogens is 232 g/mol. The Morgan fingerprint density at radius 3 is 2.28 bits per heavy atom. The van der Waals surface area contributed by atoms with Crippen molar-refractivity contribution >= 4 is 11.6 Å². The number of methoxy groups -OCH3 is 2. The van der Waals surface area contributed by atoms with E-state index in [1.807, 2.05) is 0 Å². The van der Waals surface area contributed by atoms with Crippen molar-refractivity contribution in [1.29, 1.82) is 0 Å². The Hall–Kier alpha value is -1.84. The number of allylic oxidation sites excluding steroid dienone is 4. The highest BCUT2D eigenvalue weighted by Crippen LogP contribution is 2.27. The van der Waals surface area contributed by atoms with Crippen molar-refractivity contribution in [2.45, 2.75) is 27.1 Å². The number of ether oxygens (including phenoxy) is 2. The van der Waals surface area contributed by atoms with Crippen molar-refractivity contribution < 1.29 is 31.4 Å². The maximum Gasteiger partial charge on any atom is 0.228 e. The van der Waals surface area contributed by atoms with Crippen molar-refractivity contribution in [3.63, 3.8) is 0 Å². The molecule has 0 atom stereocenters. The van der Waals surface area contributed by atoms with E-state index in [1.165, 1.54) is 6.08 Å². The highest BCUT2D eigenvalue weighted by molar-refractivity contribution is 6.23. The van der Waals surface area contributed by atoms with E-state index < -0.39 is 55.2 Å². The summed E-state index contributed by atoms with van der Waals surface area (Å²) in [5.41, 5.74) is -0.722. The van der Waals surface area contributed by atoms with Crippen molar-refractivity contribution in [2.75, 3.05) is 14.1 Å². The van der Waals surface area contributed by atoms with E-state index in [1.54, 1.807) is 13.8 Å². The molecule has 0 unspecified atom stereocenters. The van der Waals surface area contributed by atoms with Crippen LogP contribution in [-0.2, 0) is 19.1 Å². The van der Waals surface area contributed by atoms with Crippen LogP contribution in [0.3, 0.4) is 0 Å². The number of hydrogen-bond acceptors (Lipinski definition) is 4. The Balaban J connectivity index is 3.69. The standard InChI is InChI=1S/C14H18O4/c1-8(2)6-7-10-9(3)11(15)13(17-4)14(18-5)12(10)16/h6H,7H2,1-5H3/i3D3,4D3,5D3. The molecule has 18 heavy (non-hydrogen) atoms. The number of Topliss-reactive ketones (excluding diaryl/α,β-unsaturated/α-hetero) is 2. The largest absolute Gasteiger partial charge is 0.489 e. The van der Waals surface area contributed by atoms with E-state index in [9.17, 15) is 9.59 Å². The minimum Gasteiger partial charge on any atom is -0.489 e. The van der Waals surface area contributed by atoms with Gasteiger partial charge in [-0.1, -0.05) is 11.6 Å². The van der Waals surface area contributed by atoms with Gasteiger partial charge in [-0.15, -0.1) is 0 Å². The predicted molar refractivity (Wildman–Crippen MR) is 67.8 cm³/mol. The van der Waals surface area contributed by atoms with E-state index >= 15 is 0 Å². The molecule has 4 nitrogen and oxygen atoms in total. The van der Waals surface area contributed by atoms with Gasteiger partial charge in [-0.2, -0.15) is 0 Å². The molecule has 1 aliphatic carbocycles. The zero-order valence-corrected chi connectivity index (χ0v) is 9.92. The Morgan fingerprint density at radius 1 is 1.17 bits per heavy atom. The summed E-state index contributed by atoms with van der Waals surface area (Å²) in [5, 5.41) is 0. The topological polar surface area (TPSA) is 52.6 Å². The fourth-order valence-corrected chi connectivity index (χ4v) is 1.39. The second-order valence-corrected chi connectivity index (χ2v) is 3.86. The Kier molecular flexibility index (Phi) is 1.85. The molecule has 0 saturated carbocycles. The Labute approximate surface area is 120 Å². The van der Waals surface area contributed by atoms with Crippen LogP contribution in [0, 0.1) is 0 Å². The summed E-state index contributed by atoms with van der Waals surface area (Å²) in [5.74, 6) is -5.07. The van der Waals surface area contributed by atoms with Crippen LogP contribution in [0.5, 0.6) is 0 Å². The molecule has 0 aromatic rings. The number of hydrogen-bond donors (Lipinski definition) is 0. The van der Waals surface area contributed by atoms with E-state index in [-0.39, 0.29) is 6.42 Å². The van der Waals surface area contributed by atoms with Crippen molar-refractivity contribution in [1.82, 2.24) is 0 Å². The summed E-state index contributed by atoms with van der Waals surface area (Å²) in [7, 11) is -6.44. The van der Waals surface area contributed by atoms with Gasteiger partial charge in [0.05, 0.1) is 22.3 Å². The first-order valence-electron chi connectivity index (χ1n) is 9.53. The molecule has 98 valence electrons. The van der Waals surface area contributed by atoms with E-state index in [2.05, 4.69) is 9.47 Å². The van der Waals surface area contributed by atoms with Crippen molar-refractivity contribution in [3.8, 4) is 0 Å². The third-order valence-corrected chi connectivity index (χ3v) is 2.34. The third-order valence-electron chi connectivity index (χ3n) is 2.34. The minimum atomic E-state index is -3.24. The molecule has 0 spiro atoms. The van der Waals surface area contributed by atoms with Crippen LogP contribution < -0.4 is 0 Å². The predicted octanol–water partition coefficient (Wildman–Crippen LogP) is 2.32. The van der Waals surface area contributed by atoms with Crippen LogP contribution in [0.1, 0.15) is 39.5 Å². The number of carbonyl (C=O) groups excluding carboxylic acids is 2. The molecule has 0 bridgehead atoms. The van der Waals surface area contributed by atoms with Crippen LogP contribution in [0.15, 0.2) is 34.3 Å². The van der Waals surface area contributed by atoms with Gasteiger partial charge in [0, 0.05) is 15.3 Å². The lowest BCUT2D eigenvalue weighted by Gasteiger charge is -2.19. The van der Waals surface area contributed by atoms with Gasteiger partial charge in [-0.3, -0.25) is 9.59 Å². The number of rotatable bonds is 4. The van der Waals surface area contributed by atoms with Gasteiger partial charge in [-0.25, -0.2) is 0 Å². The summed E-state index contributed by atoms with van der Waals surface area (Å²) in [6.45, 7) is 0.277. The summed E-state index contributed by atoms with van der Waals surface area (Å²) < 4.78 is 74.3. The van der Waals surface area contributed by atoms with Gasteiger partial charge in [0.25, 0.3) is 0 Å². The quantitative estimate of drug-likeness (QED) is 0.574. The van der Waals surface area contributed by atoms with Crippen LogP contribution in [0.4, 0.5) is 0 Å². The third kappa shape index (κ3) is 2.53. The fourth-order valence-electron chi connectivity index (χ4n) is 1.39. The van der Waals surface area contributed by atoms with Crippen LogP contribution in [0.25, 0.3) is 0 Å². The molecule has 0 N–H and O–H groups in total. The second kappa shape index (κ2) is 5.67. The normalized spacial score (nSPS) is 25.6.